The van der Waals surface area contributed by atoms with Crippen LogP contribution in [-0.4, -0.2) is 25.2 Å². The minimum atomic E-state index is -0.665. The molecule has 0 saturated carbocycles. The van der Waals surface area contributed by atoms with E-state index in [0.29, 0.717) is 23.6 Å². The Morgan fingerprint density at radius 3 is 2.56 bits per heavy atom. The van der Waals surface area contributed by atoms with Crippen molar-refractivity contribution in [2.75, 3.05) is 14.2 Å². The first-order chi connectivity index (χ1) is 13.1. The zero-order chi connectivity index (χ0) is 19.2. The number of ether oxygens (including phenoxy) is 2. The molecule has 1 atom stereocenters. The van der Waals surface area contributed by atoms with Gasteiger partial charge in [0.1, 0.15) is 17.6 Å². The molecular formula is C21H21NO4S. The number of aliphatic hydroxyl groups excluding tert-OH is 1. The summed E-state index contributed by atoms with van der Waals surface area (Å²) in [4.78, 5) is 14.3. The maximum absolute atomic E-state index is 12.5. The lowest BCUT2D eigenvalue weighted by Gasteiger charge is -2.10. The summed E-state index contributed by atoms with van der Waals surface area (Å²) in [5, 5.41) is 13.4. The van der Waals surface area contributed by atoms with Crippen LogP contribution >= 0.6 is 11.3 Å². The molecule has 0 bridgehead atoms. The zero-order valence-electron chi connectivity index (χ0n) is 15.1. The molecule has 6 heteroatoms. The summed E-state index contributed by atoms with van der Waals surface area (Å²) in [5.41, 5.74) is 1.29. The van der Waals surface area contributed by atoms with Gasteiger partial charge >= 0.3 is 0 Å². The molecular weight excluding hydrogens is 362 g/mol. The highest BCUT2D eigenvalue weighted by molar-refractivity contribution is 7.12. The van der Waals surface area contributed by atoms with Crippen LogP contribution in [0.4, 0.5) is 0 Å². The van der Waals surface area contributed by atoms with Crippen LogP contribution in [0, 0.1) is 0 Å². The molecule has 0 fully saturated rings. The van der Waals surface area contributed by atoms with Crippen molar-refractivity contribution < 1.29 is 19.4 Å². The fourth-order valence-electron chi connectivity index (χ4n) is 2.68. The molecule has 0 spiro atoms. The third-order valence-corrected chi connectivity index (χ3v) is 5.28. The Kier molecular flexibility index (Phi) is 6.11. The van der Waals surface area contributed by atoms with Gasteiger partial charge < -0.3 is 19.9 Å². The van der Waals surface area contributed by atoms with E-state index in [9.17, 15) is 9.90 Å². The van der Waals surface area contributed by atoms with Gasteiger partial charge in [-0.1, -0.05) is 30.3 Å². The van der Waals surface area contributed by atoms with Gasteiger partial charge in [-0.25, -0.2) is 0 Å². The Labute approximate surface area is 162 Å². The summed E-state index contributed by atoms with van der Waals surface area (Å²) in [6.45, 7) is 0.375. The van der Waals surface area contributed by atoms with E-state index in [1.165, 1.54) is 18.4 Å². The van der Waals surface area contributed by atoms with E-state index in [1.54, 1.807) is 25.3 Å². The third kappa shape index (κ3) is 4.48. The van der Waals surface area contributed by atoms with E-state index in [4.69, 9.17) is 9.47 Å². The molecule has 27 heavy (non-hydrogen) atoms. The number of benzene rings is 2. The maximum atomic E-state index is 12.5. The summed E-state index contributed by atoms with van der Waals surface area (Å²) in [6, 6.07) is 18.4. The number of carbonyl (C=O) groups excluding carboxylic acids is 1. The lowest BCUT2D eigenvalue weighted by atomic mass is 10.1. The van der Waals surface area contributed by atoms with Crippen LogP contribution in [0.15, 0.2) is 60.7 Å². The predicted octanol–water partition coefficient (Wildman–Crippen LogP) is 3.78. The predicted molar refractivity (Wildman–Crippen MR) is 106 cm³/mol. The second kappa shape index (κ2) is 8.70. The molecule has 0 aliphatic heterocycles. The quantitative estimate of drug-likeness (QED) is 0.652. The smallest absolute Gasteiger partial charge is 0.255 e. The molecule has 5 nitrogen and oxygen atoms in total. The number of carbonyl (C=O) groups is 1. The minimum Gasteiger partial charge on any atom is -0.497 e. The van der Waals surface area contributed by atoms with Crippen molar-refractivity contribution in [3.8, 4) is 11.5 Å². The Bertz CT molecular complexity index is 908. The van der Waals surface area contributed by atoms with Crippen LogP contribution in [0.25, 0.3) is 0 Å². The van der Waals surface area contributed by atoms with Crippen LogP contribution in [0.2, 0.25) is 0 Å². The summed E-state index contributed by atoms with van der Waals surface area (Å²) in [7, 11) is 3.08. The van der Waals surface area contributed by atoms with Crippen molar-refractivity contribution in [2.45, 2.75) is 12.6 Å². The first-order valence-corrected chi connectivity index (χ1v) is 9.26. The van der Waals surface area contributed by atoms with Crippen LogP contribution < -0.4 is 14.8 Å². The van der Waals surface area contributed by atoms with Crippen molar-refractivity contribution >= 4 is 17.2 Å². The first kappa shape index (κ1) is 18.9. The molecule has 0 aliphatic rings. The SMILES string of the molecule is COc1ccc(C(=O)NCc2ccc(C(O)c3ccccc3)s2)c(OC)c1. The fourth-order valence-corrected chi connectivity index (χ4v) is 3.65. The van der Waals surface area contributed by atoms with Crippen molar-refractivity contribution in [2.24, 2.45) is 0 Å². The molecule has 2 N–H and O–H groups in total. The van der Waals surface area contributed by atoms with Crippen molar-refractivity contribution in [3.63, 3.8) is 0 Å². The van der Waals surface area contributed by atoms with Crippen molar-refractivity contribution in [3.05, 3.63) is 81.5 Å². The Balaban J connectivity index is 1.66. The highest BCUT2D eigenvalue weighted by Crippen LogP contribution is 2.29. The average molecular weight is 383 g/mol. The number of methoxy groups -OCH3 is 2. The molecule has 0 aliphatic carbocycles. The minimum absolute atomic E-state index is 0.229. The van der Waals surface area contributed by atoms with Gasteiger partial charge in [0.25, 0.3) is 5.91 Å². The topological polar surface area (TPSA) is 67.8 Å². The normalized spacial score (nSPS) is 11.7. The molecule has 3 aromatic rings. The van der Waals surface area contributed by atoms with Crippen LogP contribution in [0.1, 0.15) is 31.8 Å². The van der Waals surface area contributed by atoms with Gasteiger partial charge in [0.15, 0.2) is 0 Å². The summed E-state index contributed by atoms with van der Waals surface area (Å²) >= 11 is 1.47. The first-order valence-electron chi connectivity index (χ1n) is 8.44. The summed E-state index contributed by atoms with van der Waals surface area (Å²) in [6.07, 6.45) is -0.665. The van der Waals surface area contributed by atoms with E-state index in [1.807, 2.05) is 42.5 Å². The summed E-state index contributed by atoms with van der Waals surface area (Å²) < 4.78 is 10.4. The van der Waals surface area contributed by atoms with E-state index in [2.05, 4.69) is 5.32 Å². The molecule has 140 valence electrons. The second-order valence-electron chi connectivity index (χ2n) is 5.87. The van der Waals surface area contributed by atoms with E-state index in [0.717, 1.165) is 15.3 Å². The van der Waals surface area contributed by atoms with Gasteiger partial charge in [0, 0.05) is 15.8 Å². The third-order valence-electron chi connectivity index (χ3n) is 4.14. The van der Waals surface area contributed by atoms with Crippen molar-refractivity contribution in [1.82, 2.24) is 5.32 Å². The van der Waals surface area contributed by atoms with Gasteiger partial charge in [0.05, 0.1) is 26.3 Å². The monoisotopic (exact) mass is 383 g/mol. The number of hydrogen-bond donors (Lipinski definition) is 2. The molecule has 0 saturated heterocycles. The number of thiophene rings is 1. The summed E-state index contributed by atoms with van der Waals surface area (Å²) in [5.74, 6) is 0.854. The Morgan fingerprint density at radius 1 is 1.07 bits per heavy atom. The van der Waals surface area contributed by atoms with E-state index < -0.39 is 6.10 Å². The van der Waals surface area contributed by atoms with Gasteiger partial charge in [-0.2, -0.15) is 0 Å². The lowest BCUT2D eigenvalue weighted by Crippen LogP contribution is -2.22. The average Bonchev–Trinajstić information content (AvgIpc) is 3.20. The van der Waals surface area contributed by atoms with Gasteiger partial charge in [-0.3, -0.25) is 4.79 Å². The highest BCUT2D eigenvalue weighted by Gasteiger charge is 2.15. The number of aliphatic hydroxyl groups is 1. The lowest BCUT2D eigenvalue weighted by molar-refractivity contribution is 0.0948. The van der Waals surface area contributed by atoms with Crippen LogP contribution in [0.3, 0.4) is 0 Å². The zero-order valence-corrected chi connectivity index (χ0v) is 16.0. The number of amides is 1. The molecule has 3 rings (SSSR count). The highest BCUT2D eigenvalue weighted by atomic mass is 32.1. The number of hydrogen-bond acceptors (Lipinski definition) is 5. The molecule has 1 unspecified atom stereocenters. The van der Waals surface area contributed by atoms with Gasteiger partial charge in [-0.05, 0) is 29.8 Å². The largest absolute Gasteiger partial charge is 0.497 e. The Morgan fingerprint density at radius 2 is 1.85 bits per heavy atom. The van der Waals surface area contributed by atoms with E-state index in [-0.39, 0.29) is 5.91 Å². The van der Waals surface area contributed by atoms with Gasteiger partial charge in [-0.15, -0.1) is 11.3 Å². The fraction of sp³-hybridized carbons (Fsp3) is 0.190. The number of rotatable bonds is 7. The standard InChI is InChI=1S/C21H21NO4S/c1-25-15-8-10-17(18(12-15)26-2)21(24)22-13-16-9-11-19(27-16)20(23)14-6-4-3-5-7-14/h3-12,20,23H,13H2,1-2H3,(H,22,24). The van der Waals surface area contributed by atoms with E-state index >= 15 is 0 Å². The molecule has 2 aromatic carbocycles. The molecule has 1 amide bonds. The molecule has 0 radical (unpaired) electrons. The number of nitrogens with one attached hydrogen (secondary N) is 1. The molecule has 1 heterocycles. The Hall–Kier alpha value is -2.83. The van der Waals surface area contributed by atoms with Crippen LogP contribution in [0.5, 0.6) is 11.5 Å². The molecule has 1 aromatic heterocycles. The maximum Gasteiger partial charge on any atom is 0.255 e. The van der Waals surface area contributed by atoms with Crippen molar-refractivity contribution in [1.29, 1.82) is 0 Å². The van der Waals surface area contributed by atoms with Crippen LogP contribution in [-0.2, 0) is 6.54 Å². The van der Waals surface area contributed by atoms with Gasteiger partial charge in [0.2, 0.25) is 0 Å². The second-order valence-corrected chi connectivity index (χ2v) is 7.07.